The zero-order valence-electron chi connectivity index (χ0n) is 18.4. The second kappa shape index (κ2) is 8.85. The second-order valence-corrected chi connectivity index (χ2v) is 8.56. The van der Waals surface area contributed by atoms with Crippen LogP contribution < -0.4 is 24.3 Å². The Morgan fingerprint density at radius 3 is 2.41 bits per heavy atom. The standard InChI is InChI=1S/C24H18ClN3O5S/c1-30-18-10-13(11-19(31-2)21(18)32-3)22-26-24-28(27-22)23(29)20(34-24)12-14-8-9-17(33-14)15-6-4-5-7-16(15)25/h4-12H,1-3H3. The molecule has 172 valence electrons. The van der Waals surface area contributed by atoms with Gasteiger partial charge in [0, 0.05) is 17.2 Å². The van der Waals surface area contributed by atoms with Gasteiger partial charge in [-0.3, -0.25) is 4.79 Å². The zero-order valence-corrected chi connectivity index (χ0v) is 19.9. The number of furan rings is 1. The average Bonchev–Trinajstić information content (AvgIpc) is 3.56. The van der Waals surface area contributed by atoms with E-state index in [1.165, 1.54) is 37.2 Å². The molecule has 10 heteroatoms. The number of ether oxygens (including phenoxy) is 3. The highest BCUT2D eigenvalue weighted by Crippen LogP contribution is 2.40. The van der Waals surface area contributed by atoms with E-state index in [0.29, 0.717) is 54.7 Å². The fraction of sp³-hybridized carbons (Fsp3) is 0.125. The number of fused-ring (bicyclic) bond motifs is 1. The number of thiazole rings is 1. The van der Waals surface area contributed by atoms with Crippen LogP contribution in [0.25, 0.3) is 33.7 Å². The van der Waals surface area contributed by atoms with Gasteiger partial charge in [-0.05, 0) is 36.4 Å². The third-order valence-electron chi connectivity index (χ3n) is 5.14. The van der Waals surface area contributed by atoms with E-state index in [0.717, 1.165) is 5.56 Å². The molecule has 0 saturated heterocycles. The summed E-state index contributed by atoms with van der Waals surface area (Å²) in [6, 6.07) is 14.5. The quantitative estimate of drug-likeness (QED) is 0.347. The van der Waals surface area contributed by atoms with Crippen LogP contribution in [0.2, 0.25) is 5.02 Å². The van der Waals surface area contributed by atoms with Gasteiger partial charge in [-0.25, -0.2) is 0 Å². The fourth-order valence-corrected chi connectivity index (χ4v) is 4.65. The first-order valence-corrected chi connectivity index (χ1v) is 11.3. The molecule has 0 bridgehead atoms. The summed E-state index contributed by atoms with van der Waals surface area (Å²) in [4.78, 5) is 17.9. The molecule has 0 unspecified atom stereocenters. The van der Waals surface area contributed by atoms with Crippen molar-refractivity contribution in [3.05, 3.63) is 74.2 Å². The highest BCUT2D eigenvalue weighted by Gasteiger charge is 2.18. The molecule has 0 aliphatic rings. The maximum absolute atomic E-state index is 13.0. The molecule has 0 fully saturated rings. The fourth-order valence-electron chi connectivity index (χ4n) is 3.53. The van der Waals surface area contributed by atoms with Crippen LogP contribution in [0.4, 0.5) is 0 Å². The first-order chi connectivity index (χ1) is 16.5. The lowest BCUT2D eigenvalue weighted by Crippen LogP contribution is -2.23. The molecule has 0 saturated carbocycles. The van der Waals surface area contributed by atoms with Crippen molar-refractivity contribution in [3.63, 3.8) is 0 Å². The summed E-state index contributed by atoms with van der Waals surface area (Å²) in [6.45, 7) is 0. The monoisotopic (exact) mass is 495 g/mol. The largest absolute Gasteiger partial charge is 0.493 e. The number of rotatable bonds is 6. The predicted molar refractivity (Wildman–Crippen MR) is 130 cm³/mol. The van der Waals surface area contributed by atoms with Gasteiger partial charge in [-0.2, -0.15) is 9.50 Å². The predicted octanol–water partition coefficient (Wildman–Crippen LogP) is 4.30. The highest BCUT2D eigenvalue weighted by atomic mass is 35.5. The molecule has 5 aromatic rings. The van der Waals surface area contributed by atoms with Crippen molar-refractivity contribution in [2.75, 3.05) is 21.3 Å². The molecule has 0 N–H and O–H groups in total. The van der Waals surface area contributed by atoms with E-state index >= 15 is 0 Å². The Kier molecular flexibility index (Phi) is 5.72. The van der Waals surface area contributed by atoms with E-state index in [2.05, 4.69) is 10.1 Å². The molecular formula is C24H18ClN3O5S. The van der Waals surface area contributed by atoms with Gasteiger partial charge >= 0.3 is 0 Å². The lowest BCUT2D eigenvalue weighted by atomic mass is 10.1. The summed E-state index contributed by atoms with van der Waals surface area (Å²) in [7, 11) is 4.59. The molecule has 0 radical (unpaired) electrons. The van der Waals surface area contributed by atoms with Gasteiger partial charge in [0.15, 0.2) is 17.3 Å². The van der Waals surface area contributed by atoms with Gasteiger partial charge in [-0.1, -0.05) is 35.1 Å². The normalized spacial score (nSPS) is 11.8. The van der Waals surface area contributed by atoms with E-state index in [4.69, 9.17) is 30.2 Å². The Hall–Kier alpha value is -3.82. The number of methoxy groups -OCH3 is 3. The molecule has 0 aliphatic heterocycles. The van der Waals surface area contributed by atoms with Crippen LogP contribution in [0, 0.1) is 0 Å². The maximum atomic E-state index is 13.0. The van der Waals surface area contributed by atoms with Gasteiger partial charge in [0.25, 0.3) is 5.56 Å². The maximum Gasteiger partial charge on any atom is 0.291 e. The van der Waals surface area contributed by atoms with Crippen LogP contribution in [0.3, 0.4) is 0 Å². The van der Waals surface area contributed by atoms with Gasteiger partial charge < -0.3 is 18.6 Å². The Balaban J connectivity index is 1.53. The molecule has 2 aromatic carbocycles. The van der Waals surface area contributed by atoms with E-state index in [1.54, 1.807) is 30.3 Å². The van der Waals surface area contributed by atoms with Crippen LogP contribution in [0.15, 0.2) is 57.7 Å². The van der Waals surface area contributed by atoms with Gasteiger partial charge in [0.05, 0.1) is 26.4 Å². The van der Waals surface area contributed by atoms with Gasteiger partial charge in [0.1, 0.15) is 16.1 Å². The van der Waals surface area contributed by atoms with Crippen LogP contribution in [-0.4, -0.2) is 35.9 Å². The van der Waals surface area contributed by atoms with Crippen molar-refractivity contribution in [1.82, 2.24) is 14.6 Å². The molecule has 3 aromatic heterocycles. The number of hydrogen-bond donors (Lipinski definition) is 0. The zero-order chi connectivity index (χ0) is 23.8. The molecule has 34 heavy (non-hydrogen) atoms. The summed E-state index contributed by atoms with van der Waals surface area (Å²) in [5, 5.41) is 4.99. The third kappa shape index (κ3) is 3.78. The summed E-state index contributed by atoms with van der Waals surface area (Å²) in [5.74, 6) is 2.92. The highest BCUT2D eigenvalue weighted by molar-refractivity contribution is 7.15. The average molecular weight is 496 g/mol. The van der Waals surface area contributed by atoms with Crippen molar-refractivity contribution in [1.29, 1.82) is 0 Å². The summed E-state index contributed by atoms with van der Waals surface area (Å²) >= 11 is 7.47. The Morgan fingerprint density at radius 2 is 1.76 bits per heavy atom. The number of aromatic nitrogens is 3. The van der Waals surface area contributed by atoms with Crippen LogP contribution in [0.1, 0.15) is 5.76 Å². The second-order valence-electron chi connectivity index (χ2n) is 7.14. The van der Waals surface area contributed by atoms with E-state index in [1.807, 2.05) is 24.3 Å². The van der Waals surface area contributed by atoms with E-state index in [9.17, 15) is 4.79 Å². The van der Waals surface area contributed by atoms with Crippen molar-refractivity contribution in [2.45, 2.75) is 0 Å². The van der Waals surface area contributed by atoms with Crippen LogP contribution in [-0.2, 0) is 0 Å². The molecule has 0 aliphatic carbocycles. The van der Waals surface area contributed by atoms with Crippen molar-refractivity contribution in [3.8, 4) is 40.0 Å². The lowest BCUT2D eigenvalue weighted by molar-refractivity contribution is 0.324. The Labute approximate surface area is 202 Å². The minimum absolute atomic E-state index is 0.290. The first-order valence-electron chi connectivity index (χ1n) is 10.1. The topological polar surface area (TPSA) is 88.1 Å². The number of hydrogen-bond acceptors (Lipinski definition) is 8. The smallest absolute Gasteiger partial charge is 0.291 e. The van der Waals surface area contributed by atoms with E-state index in [-0.39, 0.29) is 5.56 Å². The Bertz CT molecular complexity index is 1600. The van der Waals surface area contributed by atoms with Crippen molar-refractivity contribution < 1.29 is 18.6 Å². The Morgan fingerprint density at radius 1 is 1.03 bits per heavy atom. The van der Waals surface area contributed by atoms with E-state index < -0.39 is 0 Å². The molecule has 8 nitrogen and oxygen atoms in total. The lowest BCUT2D eigenvalue weighted by Gasteiger charge is -2.12. The van der Waals surface area contributed by atoms with Gasteiger partial charge in [0.2, 0.25) is 10.7 Å². The molecule has 0 amide bonds. The summed E-state index contributed by atoms with van der Waals surface area (Å²) in [5.41, 5.74) is 1.12. The molecule has 5 rings (SSSR count). The minimum Gasteiger partial charge on any atom is -0.493 e. The van der Waals surface area contributed by atoms with Crippen molar-refractivity contribution in [2.24, 2.45) is 0 Å². The SMILES string of the molecule is COc1cc(-c2nc3sc(=Cc4ccc(-c5ccccc5Cl)o4)c(=O)n3n2)cc(OC)c1OC. The molecule has 3 heterocycles. The number of nitrogens with zero attached hydrogens (tertiary/aromatic N) is 3. The molecular weight excluding hydrogens is 478 g/mol. The minimum atomic E-state index is -0.290. The van der Waals surface area contributed by atoms with Crippen LogP contribution >= 0.6 is 22.9 Å². The third-order valence-corrected chi connectivity index (χ3v) is 6.43. The molecule has 0 spiro atoms. The van der Waals surface area contributed by atoms with Gasteiger partial charge in [-0.15, -0.1) is 5.10 Å². The first kappa shape index (κ1) is 22.0. The summed E-state index contributed by atoms with van der Waals surface area (Å²) in [6.07, 6.45) is 1.67. The number of benzene rings is 2. The number of halogens is 1. The molecule has 0 atom stereocenters. The van der Waals surface area contributed by atoms with Crippen LogP contribution in [0.5, 0.6) is 17.2 Å². The van der Waals surface area contributed by atoms with Crippen molar-refractivity contribution >= 4 is 34.0 Å². The summed E-state index contributed by atoms with van der Waals surface area (Å²) < 4.78 is 23.8.